The van der Waals surface area contributed by atoms with Crippen molar-refractivity contribution in [1.82, 2.24) is 4.98 Å². The first-order valence-electron chi connectivity index (χ1n) is 8.13. The van der Waals surface area contributed by atoms with Gasteiger partial charge >= 0.3 is 0 Å². The average molecular weight is 350 g/mol. The van der Waals surface area contributed by atoms with Crippen molar-refractivity contribution in [2.75, 3.05) is 5.43 Å². The Kier molecular flexibility index (Phi) is 4.59. The number of fused-ring (bicyclic) bond motifs is 1. The van der Waals surface area contributed by atoms with Gasteiger partial charge in [0, 0.05) is 5.92 Å². The molecule has 3 rings (SSSR count). The molecule has 7 heteroatoms. The molecule has 0 unspecified atom stereocenters. The zero-order valence-corrected chi connectivity index (χ0v) is 15.0. The average Bonchev–Trinajstić information content (AvgIpc) is 3.02. The number of nitriles is 1. The van der Waals surface area contributed by atoms with Gasteiger partial charge in [-0.1, -0.05) is 13.8 Å². The van der Waals surface area contributed by atoms with Gasteiger partial charge < -0.3 is 8.83 Å². The molecule has 0 amide bonds. The number of hydrazone groups is 1. The molecule has 0 radical (unpaired) electrons. The number of rotatable bonds is 4. The summed E-state index contributed by atoms with van der Waals surface area (Å²) in [4.78, 5) is 16.7. The van der Waals surface area contributed by atoms with Crippen molar-refractivity contribution < 1.29 is 8.83 Å². The lowest BCUT2D eigenvalue weighted by Crippen LogP contribution is -2.09. The summed E-state index contributed by atoms with van der Waals surface area (Å²) in [6.45, 7) is 7.72. The van der Waals surface area contributed by atoms with Gasteiger partial charge in [0.1, 0.15) is 17.9 Å². The molecule has 0 aliphatic carbocycles. The number of aromatic nitrogens is 1. The van der Waals surface area contributed by atoms with Crippen LogP contribution in [0.25, 0.3) is 11.0 Å². The predicted octanol–water partition coefficient (Wildman–Crippen LogP) is 3.84. The number of anilines is 1. The van der Waals surface area contributed by atoms with E-state index in [9.17, 15) is 4.79 Å². The minimum atomic E-state index is -0.180. The summed E-state index contributed by atoms with van der Waals surface area (Å²) in [5.74, 6) is 0.625. The molecule has 7 nitrogen and oxygen atoms in total. The smallest absolute Gasteiger partial charge is 0.252 e. The van der Waals surface area contributed by atoms with Gasteiger partial charge in [-0.3, -0.25) is 4.79 Å². The standard InChI is InChI=1S/C19H18N4O3/c1-10(2)18-22-15(7-20)19(26-18)23-21-8-13-9-25-16-6-12(4)11(3)5-14(16)17(13)24/h5-6,8-10,23H,1-4H3/b21-8-. The minimum Gasteiger partial charge on any atom is -0.463 e. The summed E-state index contributed by atoms with van der Waals surface area (Å²) < 4.78 is 11.0. The molecule has 132 valence electrons. The van der Waals surface area contributed by atoms with Crippen LogP contribution in [0.15, 0.2) is 37.1 Å². The first kappa shape index (κ1) is 17.4. The Morgan fingerprint density at radius 2 is 2.04 bits per heavy atom. The quantitative estimate of drug-likeness (QED) is 0.566. The summed E-state index contributed by atoms with van der Waals surface area (Å²) in [6.07, 6.45) is 2.69. The van der Waals surface area contributed by atoms with E-state index in [0.717, 1.165) is 11.1 Å². The molecule has 0 saturated heterocycles. The third-order valence-electron chi connectivity index (χ3n) is 4.03. The van der Waals surface area contributed by atoms with Crippen LogP contribution >= 0.6 is 0 Å². The number of hydrogen-bond acceptors (Lipinski definition) is 7. The molecule has 2 aromatic heterocycles. The van der Waals surface area contributed by atoms with Crippen LogP contribution < -0.4 is 10.9 Å². The van der Waals surface area contributed by atoms with E-state index in [1.54, 1.807) is 6.07 Å². The van der Waals surface area contributed by atoms with Gasteiger partial charge in [0.15, 0.2) is 0 Å². The lowest BCUT2D eigenvalue weighted by molar-refractivity contribution is 0.481. The van der Waals surface area contributed by atoms with E-state index >= 15 is 0 Å². The second-order valence-corrected chi connectivity index (χ2v) is 6.32. The fourth-order valence-corrected chi connectivity index (χ4v) is 2.39. The molecule has 26 heavy (non-hydrogen) atoms. The van der Waals surface area contributed by atoms with Gasteiger partial charge in [0.05, 0.1) is 17.2 Å². The van der Waals surface area contributed by atoms with E-state index in [0.29, 0.717) is 16.9 Å². The molecule has 0 aliphatic heterocycles. The zero-order valence-electron chi connectivity index (χ0n) is 15.0. The fourth-order valence-electron chi connectivity index (χ4n) is 2.39. The lowest BCUT2D eigenvalue weighted by atomic mass is 10.1. The molecular formula is C19H18N4O3. The van der Waals surface area contributed by atoms with Crippen LogP contribution in [0.3, 0.4) is 0 Å². The summed E-state index contributed by atoms with van der Waals surface area (Å²) in [5, 5.41) is 13.6. The third kappa shape index (κ3) is 3.22. The maximum absolute atomic E-state index is 12.6. The topological polar surface area (TPSA) is 104 Å². The van der Waals surface area contributed by atoms with Gasteiger partial charge in [0.2, 0.25) is 17.0 Å². The second kappa shape index (κ2) is 6.84. The number of hydrogen-bond donors (Lipinski definition) is 1. The number of nitrogens with one attached hydrogen (secondary N) is 1. The van der Waals surface area contributed by atoms with Crippen molar-refractivity contribution in [3.05, 3.63) is 56.9 Å². The van der Waals surface area contributed by atoms with Crippen molar-refractivity contribution in [3.8, 4) is 6.07 Å². The van der Waals surface area contributed by atoms with E-state index in [4.69, 9.17) is 14.1 Å². The van der Waals surface area contributed by atoms with Crippen LogP contribution in [0.1, 0.15) is 48.0 Å². The van der Waals surface area contributed by atoms with E-state index in [1.165, 1.54) is 12.5 Å². The third-order valence-corrected chi connectivity index (χ3v) is 4.03. The van der Waals surface area contributed by atoms with E-state index in [1.807, 2.05) is 39.8 Å². The summed E-state index contributed by atoms with van der Waals surface area (Å²) >= 11 is 0. The van der Waals surface area contributed by atoms with Crippen molar-refractivity contribution in [1.29, 1.82) is 5.26 Å². The van der Waals surface area contributed by atoms with Crippen LogP contribution in [0.4, 0.5) is 5.88 Å². The normalized spacial score (nSPS) is 11.4. The molecule has 0 aliphatic rings. The molecule has 1 N–H and O–H groups in total. The van der Waals surface area contributed by atoms with Gasteiger partial charge in [-0.2, -0.15) is 10.4 Å². The summed E-state index contributed by atoms with van der Waals surface area (Å²) in [5.41, 5.74) is 5.44. The van der Waals surface area contributed by atoms with Crippen LogP contribution in [-0.4, -0.2) is 11.2 Å². The Labute approximate surface area is 150 Å². The van der Waals surface area contributed by atoms with Gasteiger partial charge in [0.25, 0.3) is 5.88 Å². The summed E-state index contributed by atoms with van der Waals surface area (Å²) in [6, 6.07) is 5.59. The highest BCUT2D eigenvalue weighted by molar-refractivity contribution is 5.87. The molecule has 1 aromatic carbocycles. The SMILES string of the molecule is Cc1cc2occ(/C=N\Nc3oc(C(C)C)nc3C#N)c(=O)c2cc1C. The second-order valence-electron chi connectivity index (χ2n) is 6.32. The highest BCUT2D eigenvalue weighted by Crippen LogP contribution is 2.22. The van der Waals surface area contributed by atoms with Crippen molar-refractivity contribution in [2.45, 2.75) is 33.6 Å². The van der Waals surface area contributed by atoms with Gasteiger partial charge in [-0.25, -0.2) is 10.4 Å². The van der Waals surface area contributed by atoms with Crippen molar-refractivity contribution in [3.63, 3.8) is 0 Å². The Hall–Kier alpha value is -3.40. The molecule has 0 saturated carbocycles. The Morgan fingerprint density at radius 3 is 2.73 bits per heavy atom. The maximum atomic E-state index is 12.6. The molecule has 0 spiro atoms. The molecule has 3 aromatic rings. The van der Waals surface area contributed by atoms with Crippen molar-refractivity contribution in [2.24, 2.45) is 5.10 Å². The summed E-state index contributed by atoms with van der Waals surface area (Å²) in [7, 11) is 0. The molecular weight excluding hydrogens is 332 g/mol. The molecule has 0 fully saturated rings. The number of aryl methyl sites for hydroxylation is 2. The largest absolute Gasteiger partial charge is 0.463 e. The Balaban J connectivity index is 1.90. The van der Waals surface area contributed by atoms with Crippen LogP contribution in [0.5, 0.6) is 0 Å². The van der Waals surface area contributed by atoms with Crippen LogP contribution in [0, 0.1) is 25.2 Å². The fraction of sp³-hybridized carbons (Fsp3) is 0.263. The van der Waals surface area contributed by atoms with E-state index < -0.39 is 0 Å². The minimum absolute atomic E-state index is 0.0425. The Morgan fingerprint density at radius 1 is 1.31 bits per heavy atom. The van der Waals surface area contributed by atoms with Crippen molar-refractivity contribution >= 4 is 23.1 Å². The number of benzene rings is 1. The highest BCUT2D eigenvalue weighted by atomic mass is 16.4. The monoisotopic (exact) mass is 350 g/mol. The van der Waals surface area contributed by atoms with E-state index in [2.05, 4.69) is 15.5 Å². The number of oxazole rings is 1. The van der Waals surface area contributed by atoms with Crippen LogP contribution in [0.2, 0.25) is 0 Å². The van der Waals surface area contributed by atoms with E-state index in [-0.39, 0.29) is 28.5 Å². The number of nitrogens with zero attached hydrogens (tertiary/aromatic N) is 3. The first-order chi connectivity index (χ1) is 12.4. The molecule has 2 heterocycles. The predicted molar refractivity (Wildman–Crippen MR) is 98.5 cm³/mol. The zero-order chi connectivity index (χ0) is 18.8. The maximum Gasteiger partial charge on any atom is 0.252 e. The van der Waals surface area contributed by atoms with Gasteiger partial charge in [-0.15, -0.1) is 0 Å². The van der Waals surface area contributed by atoms with Crippen LogP contribution in [-0.2, 0) is 0 Å². The molecule has 0 bridgehead atoms. The lowest BCUT2D eigenvalue weighted by Gasteiger charge is -2.03. The van der Waals surface area contributed by atoms with Gasteiger partial charge in [-0.05, 0) is 37.1 Å². The Bertz CT molecular complexity index is 1100. The first-order valence-corrected chi connectivity index (χ1v) is 8.13. The highest BCUT2D eigenvalue weighted by Gasteiger charge is 2.15. The molecule has 0 atom stereocenters.